The Morgan fingerprint density at radius 2 is 0.925 bits per heavy atom. The molecule has 0 aromatic heterocycles. The zero-order chi connectivity index (χ0) is 28.6. The molecule has 4 aromatic rings. The molecule has 0 saturated carbocycles. The molecule has 16 heteroatoms. The van der Waals surface area contributed by atoms with Gasteiger partial charge in [0.05, 0.1) is 36.7 Å². The van der Waals surface area contributed by atoms with Crippen LogP contribution in [0.5, 0.6) is 0 Å². The molecule has 1 aliphatic rings. The number of fused-ring (bicyclic) bond motifs is 8. The van der Waals surface area contributed by atoms with E-state index in [1.807, 2.05) is 0 Å². The van der Waals surface area contributed by atoms with Crippen LogP contribution in [0.3, 0.4) is 0 Å². The fourth-order valence-corrected chi connectivity index (χ4v) is 5.02. The highest BCUT2D eigenvalue weighted by Crippen LogP contribution is 2.44. The monoisotopic (exact) mass is 561 g/mol. The zero-order valence-corrected chi connectivity index (χ0v) is 20.7. The summed E-state index contributed by atoms with van der Waals surface area (Å²) in [6.45, 7) is 0. The van der Waals surface area contributed by atoms with Crippen molar-refractivity contribution in [2.75, 3.05) is 16.0 Å². The van der Waals surface area contributed by atoms with E-state index < -0.39 is 42.4 Å². The van der Waals surface area contributed by atoms with Gasteiger partial charge in [-0.3, -0.25) is 40.5 Å². The number of anilines is 6. The lowest BCUT2D eigenvalue weighted by Crippen LogP contribution is -2.04. The van der Waals surface area contributed by atoms with Gasteiger partial charge in [0.1, 0.15) is 17.1 Å². The van der Waals surface area contributed by atoms with Crippen LogP contribution < -0.4 is 16.0 Å². The summed E-state index contributed by atoms with van der Waals surface area (Å²) < 4.78 is 0. The van der Waals surface area contributed by atoms with Crippen LogP contribution in [0.15, 0.2) is 82.6 Å². The largest absolute Gasteiger partial charge is 0.350 e. The summed E-state index contributed by atoms with van der Waals surface area (Å²) in [4.78, 5) is 44.8. The third-order valence-electron chi connectivity index (χ3n) is 5.74. The molecule has 0 fully saturated rings. The molecule has 4 aromatic carbocycles. The second kappa shape index (κ2) is 10.2. The SMILES string of the molecule is O=[N+]([O-])c1cc([N+](=O)[O-])c2cc1Nc1cccc(c1)Nc1cc(c([N+](=O)[O-])cc1[N+](=O)[O-])Sc1cccc(c1)N2. The quantitative estimate of drug-likeness (QED) is 0.149. The number of hydrogen-bond acceptors (Lipinski definition) is 12. The number of nitrogens with one attached hydrogen (secondary N) is 3. The van der Waals surface area contributed by atoms with Gasteiger partial charge in [0.2, 0.25) is 0 Å². The Kier molecular flexibility index (Phi) is 6.58. The maximum atomic E-state index is 11.8. The maximum Gasteiger partial charge on any atom is 0.299 e. The Labute approximate surface area is 227 Å². The predicted molar refractivity (Wildman–Crippen MR) is 146 cm³/mol. The summed E-state index contributed by atoms with van der Waals surface area (Å²) in [5.74, 6) is 0. The number of rotatable bonds is 4. The summed E-state index contributed by atoms with van der Waals surface area (Å²) >= 11 is 0.964. The van der Waals surface area contributed by atoms with Crippen LogP contribution in [-0.2, 0) is 0 Å². The molecule has 0 saturated heterocycles. The Morgan fingerprint density at radius 1 is 0.500 bits per heavy atom. The van der Waals surface area contributed by atoms with Crippen molar-refractivity contribution in [2.45, 2.75) is 9.79 Å². The molecule has 0 amide bonds. The number of nitro groups is 4. The van der Waals surface area contributed by atoms with E-state index in [1.165, 1.54) is 18.2 Å². The average molecular weight is 561 g/mol. The van der Waals surface area contributed by atoms with E-state index >= 15 is 0 Å². The van der Waals surface area contributed by atoms with Crippen LogP contribution in [-0.4, -0.2) is 19.7 Å². The highest BCUT2D eigenvalue weighted by atomic mass is 32.2. The normalized spacial score (nSPS) is 11.8. The first kappa shape index (κ1) is 25.9. The lowest BCUT2D eigenvalue weighted by Gasteiger charge is -2.15. The number of hydrogen-bond donors (Lipinski definition) is 3. The first-order valence-electron chi connectivity index (χ1n) is 11.2. The zero-order valence-electron chi connectivity index (χ0n) is 19.9. The van der Waals surface area contributed by atoms with Gasteiger partial charge in [-0.25, -0.2) is 0 Å². The molecular weight excluding hydrogens is 546 g/mol. The van der Waals surface area contributed by atoms with Crippen molar-refractivity contribution < 1.29 is 19.7 Å². The highest BCUT2D eigenvalue weighted by Gasteiger charge is 2.27. The maximum absolute atomic E-state index is 11.8. The molecule has 0 unspecified atom stereocenters. The van der Waals surface area contributed by atoms with Crippen LogP contribution in [0.2, 0.25) is 0 Å². The van der Waals surface area contributed by atoms with E-state index in [-0.39, 0.29) is 22.0 Å². The number of nitrogens with zero attached hydrogens (tertiary/aromatic N) is 4. The van der Waals surface area contributed by atoms with Gasteiger partial charge in [-0.2, -0.15) is 0 Å². The minimum absolute atomic E-state index is 0.0137. The first-order valence-corrected chi connectivity index (χ1v) is 12.0. The van der Waals surface area contributed by atoms with Crippen LogP contribution >= 0.6 is 11.8 Å². The van der Waals surface area contributed by atoms with Crippen LogP contribution in [0.25, 0.3) is 0 Å². The van der Waals surface area contributed by atoms with E-state index in [1.54, 1.807) is 42.5 Å². The van der Waals surface area contributed by atoms with E-state index in [9.17, 15) is 40.5 Å². The highest BCUT2D eigenvalue weighted by molar-refractivity contribution is 7.99. The fraction of sp³-hybridized carbons (Fsp3) is 0. The third-order valence-corrected chi connectivity index (χ3v) is 6.78. The van der Waals surface area contributed by atoms with Crippen molar-refractivity contribution in [1.82, 2.24) is 0 Å². The summed E-state index contributed by atoms with van der Waals surface area (Å²) in [5.41, 5.74) is -1.18. The summed E-state index contributed by atoms with van der Waals surface area (Å²) in [5, 5.41) is 55.9. The lowest BCUT2D eigenvalue weighted by molar-refractivity contribution is -0.395. The Hall–Kier alpha value is -5.77. The van der Waals surface area contributed by atoms with Crippen molar-refractivity contribution >= 4 is 68.6 Å². The van der Waals surface area contributed by atoms with Crippen molar-refractivity contribution in [3.8, 4) is 0 Å². The molecule has 0 aliphatic carbocycles. The van der Waals surface area contributed by atoms with Crippen molar-refractivity contribution in [3.05, 3.63) is 113 Å². The summed E-state index contributed by atoms with van der Waals surface area (Å²) in [7, 11) is 0. The molecule has 200 valence electrons. The van der Waals surface area contributed by atoms with Crippen molar-refractivity contribution in [2.24, 2.45) is 0 Å². The fourth-order valence-electron chi connectivity index (χ4n) is 4.02. The molecular formula is C24H15N7O8S. The molecule has 0 radical (unpaired) electrons. The topological polar surface area (TPSA) is 209 Å². The predicted octanol–water partition coefficient (Wildman–Crippen LogP) is 7.01. The second-order valence-corrected chi connectivity index (χ2v) is 9.45. The van der Waals surface area contributed by atoms with Gasteiger partial charge in [-0.1, -0.05) is 23.9 Å². The van der Waals surface area contributed by atoms with Gasteiger partial charge in [0.15, 0.2) is 0 Å². The first-order chi connectivity index (χ1) is 19.1. The second-order valence-electron chi connectivity index (χ2n) is 8.34. The van der Waals surface area contributed by atoms with Crippen molar-refractivity contribution in [3.63, 3.8) is 0 Å². The molecule has 3 N–H and O–H groups in total. The average Bonchev–Trinajstić information content (AvgIpc) is 2.88. The van der Waals surface area contributed by atoms with Crippen LogP contribution in [0, 0.1) is 40.5 Å². The number of benzene rings is 4. The molecule has 40 heavy (non-hydrogen) atoms. The lowest BCUT2D eigenvalue weighted by atomic mass is 10.1. The molecule has 0 atom stereocenters. The molecule has 5 rings (SSSR count). The van der Waals surface area contributed by atoms with E-state index in [0.717, 1.165) is 23.9 Å². The molecule has 0 spiro atoms. The summed E-state index contributed by atoms with van der Waals surface area (Å²) in [6, 6.07) is 16.9. The Bertz CT molecular complexity index is 1510. The van der Waals surface area contributed by atoms with E-state index in [0.29, 0.717) is 22.0 Å². The molecule has 8 bridgehead atoms. The van der Waals surface area contributed by atoms with Gasteiger partial charge in [-0.05, 0) is 48.5 Å². The molecule has 1 aliphatic heterocycles. The van der Waals surface area contributed by atoms with Gasteiger partial charge < -0.3 is 16.0 Å². The van der Waals surface area contributed by atoms with Gasteiger partial charge in [-0.15, -0.1) is 0 Å². The van der Waals surface area contributed by atoms with Crippen molar-refractivity contribution in [1.29, 1.82) is 0 Å². The van der Waals surface area contributed by atoms with Crippen LogP contribution in [0.1, 0.15) is 0 Å². The van der Waals surface area contributed by atoms with E-state index in [2.05, 4.69) is 16.0 Å². The number of nitro benzene ring substituents is 4. The Balaban J connectivity index is 1.75. The standard InChI is InChI=1S/C24H15N7O8S/c32-28(33)20-11-21(29(34)35)18-9-17(20)25-13-3-1-4-14(7-13)26-19-10-24(23(31(38)39)12-22(19)30(36)37)40-16-6-2-5-15(8-16)27-18/h1-12,25-27H. The van der Waals surface area contributed by atoms with Gasteiger partial charge in [0.25, 0.3) is 22.7 Å². The minimum Gasteiger partial charge on any atom is -0.350 e. The molecule has 1 heterocycles. The van der Waals surface area contributed by atoms with E-state index in [4.69, 9.17) is 0 Å². The van der Waals surface area contributed by atoms with Crippen LogP contribution in [0.4, 0.5) is 56.9 Å². The smallest absolute Gasteiger partial charge is 0.299 e. The Morgan fingerprint density at radius 3 is 1.43 bits per heavy atom. The van der Waals surface area contributed by atoms with Gasteiger partial charge in [0, 0.05) is 22.0 Å². The van der Waals surface area contributed by atoms with Gasteiger partial charge >= 0.3 is 0 Å². The molecule has 15 nitrogen and oxygen atoms in total. The summed E-state index contributed by atoms with van der Waals surface area (Å²) in [6.07, 6.45) is 0. The minimum atomic E-state index is -0.751. The third kappa shape index (κ3) is 5.14.